The maximum absolute atomic E-state index is 13.8. The Labute approximate surface area is 261 Å². The van der Waals surface area contributed by atoms with Crippen LogP contribution in [0.5, 0.6) is 0 Å². The second kappa shape index (κ2) is 9.91. The number of aromatic nitrogens is 4. The summed E-state index contributed by atoms with van der Waals surface area (Å²) in [5.41, 5.74) is 3.63. The van der Waals surface area contributed by atoms with E-state index in [9.17, 15) is 9.59 Å². The van der Waals surface area contributed by atoms with Crippen LogP contribution in [0.4, 0.5) is 4.79 Å². The van der Waals surface area contributed by atoms with Crippen molar-refractivity contribution in [3.05, 3.63) is 77.1 Å². The third kappa shape index (κ3) is 4.27. The van der Waals surface area contributed by atoms with Crippen molar-refractivity contribution in [2.24, 2.45) is 0 Å². The lowest BCUT2D eigenvalue weighted by Crippen LogP contribution is -2.46. The molecule has 3 aliphatic rings. The summed E-state index contributed by atoms with van der Waals surface area (Å²) in [7, 11) is 0. The third-order valence-electron chi connectivity index (χ3n) is 8.95. The van der Waals surface area contributed by atoms with Gasteiger partial charge in [-0.15, -0.1) is 5.92 Å². The predicted octanol–water partition coefficient (Wildman–Crippen LogP) is 6.23. The molecule has 9 nitrogen and oxygen atoms in total. The van der Waals surface area contributed by atoms with Crippen molar-refractivity contribution in [3.8, 4) is 23.0 Å². The van der Waals surface area contributed by atoms with E-state index in [2.05, 4.69) is 16.4 Å². The first-order valence-electron chi connectivity index (χ1n) is 16.5. The van der Waals surface area contributed by atoms with Crippen LogP contribution in [0.25, 0.3) is 22.2 Å². The molecular weight excluding hydrogens is 552 g/mol. The normalized spacial score (nSPS) is 23.7. The molecule has 1 unspecified atom stereocenters. The van der Waals surface area contributed by atoms with E-state index in [-0.39, 0.29) is 12.1 Å². The maximum Gasteiger partial charge on any atom is 0.411 e. The number of fused-ring (bicyclic) bond motifs is 9. The largest absolute Gasteiger partial charge is 0.444 e. The smallest absolute Gasteiger partial charge is 0.411 e. The molecule has 3 atom stereocenters. The topological polar surface area (TPSA) is 93.5 Å². The Morgan fingerprint density at radius 2 is 1.93 bits per heavy atom. The van der Waals surface area contributed by atoms with Crippen molar-refractivity contribution < 1.29 is 18.4 Å². The summed E-state index contributed by atoms with van der Waals surface area (Å²) in [6.45, 7) is 7.18. The summed E-state index contributed by atoms with van der Waals surface area (Å²) in [4.78, 5) is 43.9. The number of carbonyl (C=O) groups excluding carboxylic acids is 2. The standard InChI is InChI=1S/C35H36N6O3/c1-7-10-21-11-8-12-24-29(21)27-18-28(39(6)31(24)42)30-38-25-14-13-22(17-26(25)41(27)30)23-19-36-32(37-20-23)35(5)15-9-16-40(35)33(43)44-34(2,3)4/h8,11-14,17,19-20,27-28H,9,15-16,18H2,1-6H3/t27-,28-,35?/m1/s1/i6D3. The molecule has 3 aliphatic heterocycles. The Kier molecular flexibility index (Phi) is 5.57. The quantitative estimate of drug-likeness (QED) is 0.257. The Balaban J connectivity index is 1.30. The van der Waals surface area contributed by atoms with Crippen molar-refractivity contribution in [1.29, 1.82) is 0 Å². The van der Waals surface area contributed by atoms with Gasteiger partial charge in [0.2, 0.25) is 0 Å². The summed E-state index contributed by atoms with van der Waals surface area (Å²) in [5.74, 6) is 6.64. The first-order chi connectivity index (χ1) is 22.2. The molecule has 1 saturated heterocycles. The van der Waals surface area contributed by atoms with Gasteiger partial charge in [0.05, 0.1) is 23.1 Å². The minimum Gasteiger partial charge on any atom is -0.444 e. The fraction of sp³-hybridized carbons (Fsp3) is 0.400. The van der Waals surface area contributed by atoms with Gasteiger partial charge in [0.1, 0.15) is 17.0 Å². The van der Waals surface area contributed by atoms with E-state index in [0.29, 0.717) is 41.3 Å². The molecule has 44 heavy (non-hydrogen) atoms. The van der Waals surface area contributed by atoms with E-state index < -0.39 is 30.1 Å². The first-order valence-corrected chi connectivity index (χ1v) is 15.0. The Bertz CT molecular complexity index is 2000. The molecule has 2 aromatic heterocycles. The number of hydrogen-bond donors (Lipinski definition) is 0. The lowest BCUT2D eigenvalue weighted by molar-refractivity contribution is 0.00851. The van der Waals surface area contributed by atoms with Crippen molar-refractivity contribution in [2.45, 2.75) is 77.1 Å². The number of rotatable bonds is 2. The minimum absolute atomic E-state index is 0.335. The molecule has 224 valence electrons. The van der Waals surface area contributed by atoms with Crippen LogP contribution in [0.3, 0.4) is 0 Å². The molecule has 2 aromatic carbocycles. The summed E-state index contributed by atoms with van der Waals surface area (Å²) in [6.07, 6.45) is 5.09. The van der Waals surface area contributed by atoms with E-state index in [4.69, 9.17) is 23.8 Å². The average Bonchev–Trinajstić information content (AvgIpc) is 3.66. The van der Waals surface area contributed by atoms with E-state index in [1.165, 1.54) is 0 Å². The van der Waals surface area contributed by atoms with Gasteiger partial charge in [0.25, 0.3) is 5.91 Å². The Hall–Kier alpha value is -4.71. The fourth-order valence-electron chi connectivity index (χ4n) is 6.93. The van der Waals surface area contributed by atoms with Gasteiger partial charge < -0.3 is 14.2 Å². The second-order valence-corrected chi connectivity index (χ2v) is 12.9. The van der Waals surface area contributed by atoms with E-state index in [0.717, 1.165) is 39.9 Å². The second-order valence-electron chi connectivity index (χ2n) is 12.9. The highest BCUT2D eigenvalue weighted by molar-refractivity contribution is 5.98. The summed E-state index contributed by atoms with van der Waals surface area (Å²) in [6, 6.07) is 10.1. The summed E-state index contributed by atoms with van der Waals surface area (Å²) in [5, 5.41) is 0. The zero-order valence-electron chi connectivity index (χ0n) is 28.5. The van der Waals surface area contributed by atoms with E-state index >= 15 is 0 Å². The average molecular weight is 592 g/mol. The lowest BCUT2D eigenvalue weighted by Gasteiger charge is -2.35. The number of benzene rings is 2. The van der Waals surface area contributed by atoms with Crippen molar-refractivity contribution >= 4 is 23.0 Å². The van der Waals surface area contributed by atoms with Gasteiger partial charge in [-0.25, -0.2) is 19.7 Å². The van der Waals surface area contributed by atoms with Crippen LogP contribution < -0.4 is 0 Å². The number of imidazole rings is 1. The highest BCUT2D eigenvalue weighted by Crippen LogP contribution is 2.48. The minimum atomic E-state index is -2.66. The number of likely N-dealkylation sites (tertiary alicyclic amines) is 1. The van der Waals surface area contributed by atoms with Crippen LogP contribution in [0.1, 0.15) is 103 Å². The lowest BCUT2D eigenvalue weighted by atomic mass is 9.93. The zero-order chi connectivity index (χ0) is 33.5. The van der Waals surface area contributed by atoms with Gasteiger partial charge in [-0.2, -0.15) is 0 Å². The molecule has 9 heteroatoms. The molecule has 0 N–H and O–H groups in total. The number of carbonyl (C=O) groups is 2. The van der Waals surface area contributed by atoms with Crippen LogP contribution in [0.15, 0.2) is 48.8 Å². The van der Waals surface area contributed by atoms with Gasteiger partial charge in [0, 0.05) is 58.7 Å². The van der Waals surface area contributed by atoms with Crippen molar-refractivity contribution in [2.75, 3.05) is 13.5 Å². The van der Waals surface area contributed by atoms with Crippen LogP contribution in [0, 0.1) is 11.8 Å². The van der Waals surface area contributed by atoms with Gasteiger partial charge in [0.15, 0.2) is 5.82 Å². The molecule has 2 amide bonds. The van der Waals surface area contributed by atoms with E-state index in [1.54, 1.807) is 36.4 Å². The third-order valence-corrected chi connectivity index (χ3v) is 8.95. The molecule has 0 radical (unpaired) electrons. The molecule has 1 fully saturated rings. The van der Waals surface area contributed by atoms with Crippen LogP contribution in [-0.2, 0) is 10.3 Å². The molecule has 0 spiro atoms. The summed E-state index contributed by atoms with van der Waals surface area (Å²) < 4.78 is 32.7. The maximum atomic E-state index is 13.8. The van der Waals surface area contributed by atoms with Crippen LogP contribution in [-0.4, -0.2) is 60.4 Å². The molecule has 7 rings (SSSR count). The molecular formula is C35H36N6O3. The van der Waals surface area contributed by atoms with Gasteiger partial charge in [-0.1, -0.05) is 18.1 Å². The van der Waals surface area contributed by atoms with Crippen LogP contribution >= 0.6 is 0 Å². The Morgan fingerprint density at radius 1 is 1.14 bits per heavy atom. The molecule has 2 bridgehead atoms. The monoisotopic (exact) mass is 591 g/mol. The number of amides is 2. The Morgan fingerprint density at radius 3 is 2.66 bits per heavy atom. The molecule has 0 saturated carbocycles. The molecule has 4 aromatic rings. The highest BCUT2D eigenvalue weighted by Gasteiger charge is 2.46. The zero-order valence-corrected chi connectivity index (χ0v) is 25.5. The van der Waals surface area contributed by atoms with E-state index in [1.807, 2.05) is 52.0 Å². The highest BCUT2D eigenvalue weighted by atomic mass is 16.6. The SMILES string of the molecule is [2H]C([2H])([2H])N1C(=O)c2cccc(C#CC)c2[C@H]2C[C@@H]1c1nc3ccc(-c4cnc(C5(C)CCCN5C(=O)OC(C)(C)C)nc4)cc3n12. The van der Waals surface area contributed by atoms with Gasteiger partial charge >= 0.3 is 6.09 Å². The van der Waals surface area contributed by atoms with Crippen LogP contribution in [0.2, 0.25) is 0 Å². The van der Waals surface area contributed by atoms with Crippen molar-refractivity contribution in [1.82, 2.24) is 29.3 Å². The van der Waals surface area contributed by atoms with Gasteiger partial charge in [-0.3, -0.25) is 9.69 Å². The molecule has 5 heterocycles. The number of ether oxygens (including phenoxy) is 1. The summed E-state index contributed by atoms with van der Waals surface area (Å²) >= 11 is 0. The van der Waals surface area contributed by atoms with Crippen molar-refractivity contribution in [3.63, 3.8) is 0 Å². The first kappa shape index (κ1) is 24.7. The molecule has 0 aliphatic carbocycles. The van der Waals surface area contributed by atoms with Gasteiger partial charge in [-0.05, 0) is 77.3 Å². The number of nitrogens with zero attached hydrogens (tertiary/aromatic N) is 6. The fourth-order valence-corrected chi connectivity index (χ4v) is 6.93. The number of hydrogen-bond acceptors (Lipinski definition) is 6. The predicted molar refractivity (Wildman–Crippen MR) is 167 cm³/mol.